The molecule has 0 spiro atoms. The lowest BCUT2D eigenvalue weighted by atomic mass is 9.97. The van der Waals surface area contributed by atoms with Crippen LogP contribution in [0.5, 0.6) is 5.75 Å². The van der Waals surface area contributed by atoms with Crippen molar-refractivity contribution >= 4 is 15.9 Å². The van der Waals surface area contributed by atoms with Crippen LogP contribution in [0.2, 0.25) is 0 Å². The lowest BCUT2D eigenvalue weighted by Gasteiger charge is -2.18. The third-order valence-corrected chi connectivity index (χ3v) is 3.89. The number of methoxy groups -OCH3 is 1. The third kappa shape index (κ3) is 5.51. The molecule has 1 unspecified atom stereocenters. The topological polar surface area (TPSA) is 41.5 Å². The predicted molar refractivity (Wildman–Crippen MR) is 82.7 cm³/mol. The number of nitrogens with one attached hydrogen (secondary N) is 1. The first-order valence-corrected chi connectivity index (χ1v) is 7.51. The molecule has 19 heavy (non-hydrogen) atoms. The summed E-state index contributed by atoms with van der Waals surface area (Å²) in [5.41, 5.74) is 1.19. The van der Waals surface area contributed by atoms with Crippen LogP contribution in [0.1, 0.15) is 19.4 Å². The van der Waals surface area contributed by atoms with Gasteiger partial charge in [0, 0.05) is 17.6 Å². The van der Waals surface area contributed by atoms with Crippen molar-refractivity contribution in [2.75, 3.05) is 26.8 Å². The van der Waals surface area contributed by atoms with Crippen LogP contribution >= 0.6 is 15.9 Å². The van der Waals surface area contributed by atoms with E-state index < -0.39 is 0 Å². The molecule has 1 rings (SSSR count). The molecule has 0 bridgehead atoms. The average Bonchev–Trinajstić information content (AvgIpc) is 2.38. The number of halogens is 1. The molecule has 1 atom stereocenters. The Bertz CT molecular complexity index is 382. The van der Waals surface area contributed by atoms with E-state index in [-0.39, 0.29) is 6.61 Å². The predicted octanol–water partition coefficient (Wildman–Crippen LogP) is 2.85. The van der Waals surface area contributed by atoms with Crippen molar-refractivity contribution in [3.63, 3.8) is 0 Å². The van der Waals surface area contributed by atoms with E-state index >= 15 is 0 Å². The molecule has 2 N–H and O–H groups in total. The highest BCUT2D eigenvalue weighted by molar-refractivity contribution is 9.10. The van der Waals surface area contributed by atoms with Crippen molar-refractivity contribution in [1.82, 2.24) is 5.32 Å². The van der Waals surface area contributed by atoms with E-state index in [1.165, 1.54) is 5.56 Å². The van der Waals surface area contributed by atoms with Gasteiger partial charge in [0.05, 0.1) is 7.11 Å². The van der Waals surface area contributed by atoms with Gasteiger partial charge < -0.3 is 15.2 Å². The molecule has 4 heteroatoms. The van der Waals surface area contributed by atoms with Gasteiger partial charge in [-0.25, -0.2) is 0 Å². The Morgan fingerprint density at radius 2 is 2.11 bits per heavy atom. The molecule has 1 aromatic rings. The quantitative estimate of drug-likeness (QED) is 0.720. The van der Waals surface area contributed by atoms with E-state index in [4.69, 9.17) is 4.74 Å². The van der Waals surface area contributed by atoms with Gasteiger partial charge in [0.1, 0.15) is 5.75 Å². The van der Waals surface area contributed by atoms with Gasteiger partial charge in [-0.2, -0.15) is 0 Å². The summed E-state index contributed by atoms with van der Waals surface area (Å²) in [6, 6.07) is 6.05. The Balaban J connectivity index is 2.42. The van der Waals surface area contributed by atoms with Gasteiger partial charge in [-0.15, -0.1) is 0 Å². The second-order valence-electron chi connectivity index (χ2n) is 5.10. The fraction of sp³-hybridized carbons (Fsp3) is 0.600. The van der Waals surface area contributed by atoms with Crippen LogP contribution in [0.3, 0.4) is 0 Å². The lowest BCUT2D eigenvalue weighted by Crippen LogP contribution is -2.30. The number of aliphatic hydroxyl groups excluding tert-OH is 1. The summed E-state index contributed by atoms with van der Waals surface area (Å²) < 4.78 is 6.42. The second-order valence-corrected chi connectivity index (χ2v) is 6.01. The van der Waals surface area contributed by atoms with Crippen LogP contribution in [0, 0.1) is 11.8 Å². The molecule has 0 aromatic heterocycles. The molecule has 0 saturated carbocycles. The minimum absolute atomic E-state index is 0.241. The molecule has 0 aliphatic rings. The summed E-state index contributed by atoms with van der Waals surface area (Å²) in [6.07, 6.45) is 0.916. The van der Waals surface area contributed by atoms with E-state index in [2.05, 4.69) is 41.2 Å². The Morgan fingerprint density at radius 1 is 1.37 bits per heavy atom. The number of aliphatic hydroxyl groups is 1. The van der Waals surface area contributed by atoms with E-state index in [1.807, 2.05) is 12.1 Å². The van der Waals surface area contributed by atoms with Crippen molar-refractivity contribution in [2.45, 2.75) is 20.3 Å². The van der Waals surface area contributed by atoms with Crippen LogP contribution in [0.25, 0.3) is 0 Å². The van der Waals surface area contributed by atoms with Gasteiger partial charge in [-0.3, -0.25) is 0 Å². The first-order chi connectivity index (χ1) is 9.08. The largest absolute Gasteiger partial charge is 0.496 e. The van der Waals surface area contributed by atoms with Crippen LogP contribution < -0.4 is 10.1 Å². The minimum Gasteiger partial charge on any atom is -0.496 e. The summed E-state index contributed by atoms with van der Waals surface area (Å²) in [5, 5.41) is 12.7. The van der Waals surface area contributed by atoms with Gasteiger partial charge in [0.15, 0.2) is 0 Å². The number of rotatable bonds is 8. The van der Waals surface area contributed by atoms with Crippen molar-refractivity contribution in [3.8, 4) is 5.75 Å². The van der Waals surface area contributed by atoms with Crippen molar-refractivity contribution in [1.29, 1.82) is 0 Å². The first-order valence-electron chi connectivity index (χ1n) is 6.72. The first kappa shape index (κ1) is 16.5. The molecule has 3 nitrogen and oxygen atoms in total. The molecular formula is C15H24BrNO2. The minimum atomic E-state index is 0.241. The van der Waals surface area contributed by atoms with Crippen LogP contribution in [0.4, 0.5) is 0 Å². The Morgan fingerprint density at radius 3 is 2.68 bits per heavy atom. The lowest BCUT2D eigenvalue weighted by molar-refractivity contribution is 0.186. The Hall–Kier alpha value is -0.580. The average molecular weight is 330 g/mol. The zero-order chi connectivity index (χ0) is 14.3. The molecule has 0 fully saturated rings. The fourth-order valence-corrected chi connectivity index (χ4v) is 2.37. The highest BCUT2D eigenvalue weighted by atomic mass is 79.9. The normalized spacial score (nSPS) is 12.7. The smallest absolute Gasteiger partial charge is 0.122 e. The maximum atomic E-state index is 9.27. The van der Waals surface area contributed by atoms with Gasteiger partial charge in [-0.05, 0) is 48.6 Å². The highest BCUT2D eigenvalue weighted by Crippen LogP contribution is 2.23. The zero-order valence-corrected chi connectivity index (χ0v) is 13.5. The van der Waals surface area contributed by atoms with Gasteiger partial charge >= 0.3 is 0 Å². The van der Waals surface area contributed by atoms with Crippen molar-refractivity contribution in [3.05, 3.63) is 28.2 Å². The SMILES string of the molecule is COc1ccc(Br)cc1CCNCC(CO)C(C)C. The summed E-state index contributed by atoms with van der Waals surface area (Å²) in [5.74, 6) is 1.75. The highest BCUT2D eigenvalue weighted by Gasteiger charge is 2.11. The van der Waals surface area contributed by atoms with Crippen molar-refractivity contribution in [2.24, 2.45) is 11.8 Å². The second kappa shape index (κ2) is 8.56. The molecule has 0 saturated heterocycles. The van der Waals surface area contributed by atoms with Gasteiger partial charge in [0.2, 0.25) is 0 Å². The van der Waals surface area contributed by atoms with E-state index in [1.54, 1.807) is 7.11 Å². The maximum Gasteiger partial charge on any atom is 0.122 e. The van der Waals surface area contributed by atoms with Crippen LogP contribution in [-0.4, -0.2) is 31.9 Å². The number of hydrogen-bond donors (Lipinski definition) is 2. The monoisotopic (exact) mass is 329 g/mol. The van der Waals surface area contributed by atoms with E-state index in [0.29, 0.717) is 11.8 Å². The standard InChI is InChI=1S/C15H24BrNO2/c1-11(2)13(10-18)9-17-7-6-12-8-14(16)4-5-15(12)19-3/h4-5,8,11,13,17-18H,6-7,9-10H2,1-3H3. The van der Waals surface area contributed by atoms with E-state index in [0.717, 1.165) is 29.7 Å². The van der Waals surface area contributed by atoms with Gasteiger partial charge in [0.25, 0.3) is 0 Å². The third-order valence-electron chi connectivity index (χ3n) is 3.40. The molecule has 0 aliphatic carbocycles. The number of hydrogen-bond acceptors (Lipinski definition) is 3. The molecule has 0 aliphatic heterocycles. The van der Waals surface area contributed by atoms with E-state index in [9.17, 15) is 5.11 Å². The molecule has 0 amide bonds. The van der Waals surface area contributed by atoms with Crippen LogP contribution in [-0.2, 0) is 6.42 Å². The van der Waals surface area contributed by atoms with Crippen molar-refractivity contribution < 1.29 is 9.84 Å². The molecular weight excluding hydrogens is 306 g/mol. The maximum absolute atomic E-state index is 9.27. The summed E-state index contributed by atoms with van der Waals surface area (Å²) in [7, 11) is 1.70. The summed E-state index contributed by atoms with van der Waals surface area (Å²) in [4.78, 5) is 0. The van der Waals surface area contributed by atoms with Crippen LogP contribution in [0.15, 0.2) is 22.7 Å². The molecule has 0 radical (unpaired) electrons. The Kier molecular flexibility index (Phi) is 7.42. The Labute approximate surface area is 124 Å². The zero-order valence-electron chi connectivity index (χ0n) is 11.9. The molecule has 108 valence electrons. The summed E-state index contributed by atoms with van der Waals surface area (Å²) >= 11 is 3.48. The summed E-state index contributed by atoms with van der Waals surface area (Å²) in [6.45, 7) is 6.26. The number of ether oxygens (including phenoxy) is 1. The molecule has 0 heterocycles. The van der Waals surface area contributed by atoms with Gasteiger partial charge in [-0.1, -0.05) is 29.8 Å². The fourth-order valence-electron chi connectivity index (χ4n) is 1.96. The molecule has 1 aromatic carbocycles. The number of benzene rings is 1.